The van der Waals surface area contributed by atoms with Gasteiger partial charge < -0.3 is 0 Å². The molecule has 1 saturated heterocycles. The highest BCUT2D eigenvalue weighted by Gasteiger charge is 2.62. The summed E-state index contributed by atoms with van der Waals surface area (Å²) in [5, 5.41) is 0.543. The maximum atomic E-state index is 13.1. The second kappa shape index (κ2) is 5.57. The molecule has 0 spiro atoms. The molecule has 25 heavy (non-hydrogen) atoms. The van der Waals surface area contributed by atoms with Crippen molar-refractivity contribution in [1.29, 1.82) is 0 Å². The Kier molecular flexibility index (Phi) is 3.43. The van der Waals surface area contributed by atoms with Gasteiger partial charge >= 0.3 is 0 Å². The number of halogens is 1. The Morgan fingerprint density at radius 3 is 2.16 bits per heavy atom. The fourth-order valence-corrected chi connectivity index (χ4v) is 5.56. The molecule has 4 atom stereocenters. The average Bonchev–Trinajstić information content (AvgIpc) is 3.25. The van der Waals surface area contributed by atoms with Crippen molar-refractivity contribution in [3.05, 3.63) is 52.6 Å². The largest absolute Gasteiger partial charge is 0.274 e. The van der Waals surface area contributed by atoms with E-state index in [0.717, 1.165) is 12.8 Å². The first-order valence-corrected chi connectivity index (χ1v) is 9.58. The van der Waals surface area contributed by atoms with Crippen molar-refractivity contribution in [1.82, 2.24) is 0 Å². The average molecular weight is 354 g/mol. The summed E-state index contributed by atoms with van der Waals surface area (Å²) in [6.07, 6.45) is 10.4. The normalized spacial score (nSPS) is 33.6. The first-order valence-electron chi connectivity index (χ1n) is 9.20. The number of anilines is 1. The van der Waals surface area contributed by atoms with Crippen LogP contribution in [0.4, 0.5) is 5.69 Å². The molecule has 2 bridgehead atoms. The van der Waals surface area contributed by atoms with E-state index in [2.05, 4.69) is 12.2 Å². The van der Waals surface area contributed by atoms with Gasteiger partial charge in [0.1, 0.15) is 0 Å². The van der Waals surface area contributed by atoms with Crippen LogP contribution in [-0.2, 0) is 9.59 Å². The minimum Gasteiger partial charge on any atom is -0.274 e. The Labute approximate surface area is 152 Å². The van der Waals surface area contributed by atoms with Gasteiger partial charge in [-0.15, -0.1) is 0 Å². The van der Waals surface area contributed by atoms with Crippen LogP contribution in [-0.4, -0.2) is 11.8 Å². The van der Waals surface area contributed by atoms with Gasteiger partial charge in [-0.2, -0.15) is 0 Å². The van der Waals surface area contributed by atoms with Crippen molar-refractivity contribution in [3.63, 3.8) is 0 Å². The number of amides is 2. The summed E-state index contributed by atoms with van der Waals surface area (Å²) < 4.78 is 0. The van der Waals surface area contributed by atoms with Gasteiger partial charge in [-0.3, -0.25) is 9.59 Å². The van der Waals surface area contributed by atoms with Crippen LogP contribution in [0.15, 0.2) is 47.6 Å². The fraction of sp³-hybridized carbons (Fsp3) is 0.429. The van der Waals surface area contributed by atoms with Crippen LogP contribution in [0.5, 0.6) is 0 Å². The van der Waals surface area contributed by atoms with Crippen LogP contribution in [0.25, 0.3) is 0 Å². The quantitative estimate of drug-likeness (QED) is 0.549. The van der Waals surface area contributed by atoms with Crippen molar-refractivity contribution in [3.8, 4) is 0 Å². The van der Waals surface area contributed by atoms with Crippen molar-refractivity contribution < 1.29 is 9.59 Å². The minimum absolute atomic E-state index is 0.0528. The molecule has 1 aromatic rings. The molecule has 1 aliphatic heterocycles. The standard InChI is InChI=1S/C21H20ClNO2/c22-13-7-4-8-14(11-13)23-20(24)18-15-9-10-16(19(18)21(23)25)17(15)12-5-2-1-3-6-12/h4,7-11,15-16,18-19H,1-3,5-6H2. The van der Waals surface area contributed by atoms with E-state index in [-0.39, 0.29) is 35.5 Å². The Hall–Kier alpha value is -1.87. The lowest BCUT2D eigenvalue weighted by molar-refractivity contribution is -0.122. The molecule has 0 aromatic heterocycles. The van der Waals surface area contributed by atoms with E-state index in [1.54, 1.807) is 24.3 Å². The van der Waals surface area contributed by atoms with Gasteiger partial charge in [0.15, 0.2) is 0 Å². The maximum absolute atomic E-state index is 13.1. The van der Waals surface area contributed by atoms with Gasteiger partial charge in [-0.1, -0.05) is 47.4 Å². The van der Waals surface area contributed by atoms with E-state index >= 15 is 0 Å². The minimum atomic E-state index is -0.217. The number of hydrogen-bond acceptors (Lipinski definition) is 2. The van der Waals surface area contributed by atoms with Crippen LogP contribution in [0.3, 0.4) is 0 Å². The first-order chi connectivity index (χ1) is 12.2. The molecule has 4 heteroatoms. The number of benzene rings is 1. The van der Waals surface area contributed by atoms with Crippen LogP contribution in [0.2, 0.25) is 5.02 Å². The molecule has 0 N–H and O–H groups in total. The third kappa shape index (κ3) is 2.11. The number of allylic oxidation sites excluding steroid dienone is 4. The van der Waals surface area contributed by atoms with Gasteiger partial charge in [0.05, 0.1) is 17.5 Å². The number of carbonyl (C=O) groups excluding carboxylic acids is 2. The lowest BCUT2D eigenvalue weighted by atomic mass is 9.85. The molecule has 128 valence electrons. The number of carbonyl (C=O) groups is 2. The molecule has 5 rings (SSSR count). The van der Waals surface area contributed by atoms with Crippen molar-refractivity contribution >= 4 is 29.1 Å². The third-order valence-electron chi connectivity index (χ3n) is 6.35. The SMILES string of the molecule is O=C1C2C3C=CC(C3=C3CCCCC3)C2C(=O)N1c1cccc(Cl)c1. The molecule has 3 aliphatic carbocycles. The maximum Gasteiger partial charge on any atom is 0.238 e. The second-order valence-corrected chi connectivity index (χ2v) is 8.04. The molecule has 1 heterocycles. The van der Waals surface area contributed by atoms with Crippen molar-refractivity contribution in [2.75, 3.05) is 4.90 Å². The van der Waals surface area contributed by atoms with Crippen LogP contribution < -0.4 is 4.90 Å². The smallest absolute Gasteiger partial charge is 0.238 e. The van der Waals surface area contributed by atoms with Gasteiger partial charge in [-0.25, -0.2) is 4.90 Å². The zero-order valence-electron chi connectivity index (χ0n) is 14.0. The van der Waals surface area contributed by atoms with Gasteiger partial charge in [0, 0.05) is 16.9 Å². The van der Waals surface area contributed by atoms with Crippen LogP contribution >= 0.6 is 11.6 Å². The highest BCUT2D eigenvalue weighted by atomic mass is 35.5. The predicted molar refractivity (Wildman–Crippen MR) is 97.2 cm³/mol. The van der Waals surface area contributed by atoms with Gasteiger partial charge in [-0.05, 0) is 43.9 Å². The van der Waals surface area contributed by atoms with E-state index in [9.17, 15) is 9.59 Å². The van der Waals surface area contributed by atoms with E-state index in [4.69, 9.17) is 11.6 Å². The van der Waals surface area contributed by atoms with Crippen LogP contribution in [0.1, 0.15) is 32.1 Å². The Morgan fingerprint density at radius 2 is 1.56 bits per heavy atom. The van der Waals surface area contributed by atoms with E-state index in [0.29, 0.717) is 10.7 Å². The molecule has 3 fully saturated rings. The van der Waals surface area contributed by atoms with Crippen molar-refractivity contribution in [2.24, 2.45) is 23.7 Å². The van der Waals surface area contributed by atoms with Gasteiger partial charge in [0.2, 0.25) is 11.8 Å². The number of imide groups is 1. The first kappa shape index (κ1) is 15.4. The van der Waals surface area contributed by atoms with Crippen molar-refractivity contribution in [2.45, 2.75) is 32.1 Å². The molecular weight excluding hydrogens is 334 g/mol. The molecule has 0 radical (unpaired) electrons. The third-order valence-corrected chi connectivity index (χ3v) is 6.58. The molecule has 4 unspecified atom stereocenters. The van der Waals surface area contributed by atoms with Gasteiger partial charge in [0.25, 0.3) is 0 Å². The predicted octanol–water partition coefficient (Wildman–Crippen LogP) is 4.52. The van der Waals surface area contributed by atoms with E-state index < -0.39 is 0 Å². The molecule has 2 saturated carbocycles. The zero-order chi connectivity index (χ0) is 17.1. The lowest BCUT2D eigenvalue weighted by Crippen LogP contribution is -2.33. The summed E-state index contributed by atoms with van der Waals surface area (Å²) in [6.45, 7) is 0. The summed E-state index contributed by atoms with van der Waals surface area (Å²) in [7, 11) is 0. The fourth-order valence-electron chi connectivity index (χ4n) is 5.37. The lowest BCUT2D eigenvalue weighted by Gasteiger charge is -2.23. The number of fused-ring (bicyclic) bond motifs is 5. The highest BCUT2D eigenvalue weighted by Crippen LogP contribution is 2.58. The van der Waals surface area contributed by atoms with Crippen LogP contribution in [0, 0.1) is 23.7 Å². The summed E-state index contributed by atoms with van der Waals surface area (Å²) >= 11 is 6.06. The summed E-state index contributed by atoms with van der Waals surface area (Å²) in [5.41, 5.74) is 3.53. The van der Waals surface area contributed by atoms with E-state index in [1.807, 2.05) is 0 Å². The molecule has 1 aromatic carbocycles. The highest BCUT2D eigenvalue weighted by molar-refractivity contribution is 6.31. The number of rotatable bonds is 1. The Bertz CT molecular complexity index is 798. The Morgan fingerprint density at radius 1 is 0.920 bits per heavy atom. The summed E-state index contributed by atoms with van der Waals surface area (Å²) in [6, 6.07) is 7.04. The topological polar surface area (TPSA) is 37.4 Å². The summed E-state index contributed by atoms with van der Waals surface area (Å²) in [5.74, 6) is -0.282. The number of hydrogen-bond donors (Lipinski definition) is 0. The molecule has 4 aliphatic rings. The molecule has 2 amide bonds. The zero-order valence-corrected chi connectivity index (χ0v) is 14.7. The Balaban J connectivity index is 1.54. The van der Waals surface area contributed by atoms with E-state index in [1.165, 1.54) is 35.3 Å². The second-order valence-electron chi connectivity index (χ2n) is 7.60. The molecule has 3 nitrogen and oxygen atoms in total. The molecular formula is C21H20ClNO2. The number of nitrogens with zero attached hydrogens (tertiary/aromatic N) is 1. The summed E-state index contributed by atoms with van der Waals surface area (Å²) in [4.78, 5) is 27.6. The monoisotopic (exact) mass is 353 g/mol.